The fourth-order valence-electron chi connectivity index (χ4n) is 3.27. The number of carbonyl (C=O) groups excluding carboxylic acids is 1. The second-order valence-corrected chi connectivity index (χ2v) is 8.63. The molecule has 3 N–H and O–H groups in total. The standard InChI is InChI=1S/C25H35N5O2/c1-18-8-11-21(23(12-18)32-17-19-9-10-19)15-28-25(26-2)27-14-20-6-5-7-22(13-20)29-24(31)16-30(3)4/h5-8,11-13,19H,9-10,14-17H2,1-4H3,(H,29,31)(H2,26,27,28). The van der Waals surface area contributed by atoms with Crippen LogP contribution in [0, 0.1) is 12.8 Å². The summed E-state index contributed by atoms with van der Waals surface area (Å²) in [6.07, 6.45) is 2.55. The van der Waals surface area contributed by atoms with Crippen molar-refractivity contribution in [3.63, 3.8) is 0 Å². The summed E-state index contributed by atoms with van der Waals surface area (Å²) in [5, 5.41) is 9.64. The number of rotatable bonds is 10. The van der Waals surface area contributed by atoms with E-state index in [1.54, 1.807) is 7.05 Å². The highest BCUT2D eigenvalue weighted by atomic mass is 16.5. The summed E-state index contributed by atoms with van der Waals surface area (Å²) >= 11 is 0. The highest BCUT2D eigenvalue weighted by molar-refractivity contribution is 5.92. The maximum Gasteiger partial charge on any atom is 0.238 e. The molecule has 0 radical (unpaired) electrons. The molecule has 1 saturated carbocycles. The van der Waals surface area contributed by atoms with Crippen LogP contribution < -0.4 is 20.7 Å². The third-order valence-corrected chi connectivity index (χ3v) is 5.19. The number of aliphatic imine (C=N–C) groups is 1. The molecule has 1 amide bonds. The molecule has 1 aliphatic rings. The van der Waals surface area contributed by atoms with Crippen molar-refractivity contribution in [1.82, 2.24) is 15.5 Å². The summed E-state index contributed by atoms with van der Waals surface area (Å²) in [5.74, 6) is 2.34. The largest absolute Gasteiger partial charge is 0.493 e. The zero-order valence-electron chi connectivity index (χ0n) is 19.6. The highest BCUT2D eigenvalue weighted by Gasteiger charge is 2.22. The zero-order valence-corrected chi connectivity index (χ0v) is 19.6. The van der Waals surface area contributed by atoms with E-state index in [1.165, 1.54) is 18.4 Å². The Hall–Kier alpha value is -3.06. The second-order valence-electron chi connectivity index (χ2n) is 8.63. The van der Waals surface area contributed by atoms with Gasteiger partial charge in [0, 0.05) is 31.4 Å². The molecule has 7 heteroatoms. The van der Waals surface area contributed by atoms with Gasteiger partial charge in [0.1, 0.15) is 5.75 Å². The Labute approximate surface area is 191 Å². The van der Waals surface area contributed by atoms with E-state index >= 15 is 0 Å². The summed E-state index contributed by atoms with van der Waals surface area (Å²) in [4.78, 5) is 18.2. The van der Waals surface area contributed by atoms with Crippen molar-refractivity contribution in [2.24, 2.45) is 10.9 Å². The Bertz CT molecular complexity index is 938. The molecule has 2 aromatic rings. The number of hydrogen-bond donors (Lipinski definition) is 3. The quantitative estimate of drug-likeness (QED) is 0.393. The first kappa shape index (κ1) is 23.6. The van der Waals surface area contributed by atoms with Crippen LogP contribution in [0.2, 0.25) is 0 Å². The molecule has 0 bridgehead atoms. The number of hydrogen-bond acceptors (Lipinski definition) is 4. The van der Waals surface area contributed by atoms with Crippen LogP contribution in [0.25, 0.3) is 0 Å². The lowest BCUT2D eigenvalue weighted by molar-refractivity contribution is -0.116. The minimum Gasteiger partial charge on any atom is -0.493 e. The number of likely N-dealkylation sites (N-methyl/N-ethyl adjacent to an activating group) is 1. The smallest absolute Gasteiger partial charge is 0.238 e. The minimum absolute atomic E-state index is 0.0320. The number of ether oxygens (including phenoxy) is 1. The van der Waals surface area contributed by atoms with E-state index in [2.05, 4.69) is 46.1 Å². The first-order valence-electron chi connectivity index (χ1n) is 11.1. The van der Waals surface area contributed by atoms with Crippen LogP contribution in [0.5, 0.6) is 5.75 Å². The van der Waals surface area contributed by atoms with E-state index < -0.39 is 0 Å². The van der Waals surface area contributed by atoms with Crippen LogP contribution in [-0.2, 0) is 17.9 Å². The molecule has 1 aliphatic carbocycles. The number of amides is 1. The van der Waals surface area contributed by atoms with Gasteiger partial charge in [0.25, 0.3) is 0 Å². The average molecular weight is 438 g/mol. The van der Waals surface area contributed by atoms with E-state index in [-0.39, 0.29) is 5.91 Å². The number of aryl methyl sites for hydroxylation is 1. The number of nitrogens with one attached hydrogen (secondary N) is 3. The molecule has 0 atom stereocenters. The molecule has 0 unspecified atom stereocenters. The van der Waals surface area contributed by atoms with Gasteiger partial charge in [-0.15, -0.1) is 0 Å². The molecule has 1 fully saturated rings. The number of nitrogens with zero attached hydrogens (tertiary/aromatic N) is 2. The van der Waals surface area contributed by atoms with Crippen molar-refractivity contribution >= 4 is 17.6 Å². The normalized spacial score (nSPS) is 13.7. The number of anilines is 1. The van der Waals surface area contributed by atoms with Crippen LogP contribution in [0.1, 0.15) is 29.5 Å². The van der Waals surface area contributed by atoms with Crippen LogP contribution in [-0.4, -0.2) is 51.1 Å². The number of guanidine groups is 1. The van der Waals surface area contributed by atoms with Gasteiger partial charge in [0.05, 0.1) is 13.2 Å². The van der Waals surface area contributed by atoms with Gasteiger partial charge in [0.15, 0.2) is 5.96 Å². The molecule has 0 heterocycles. The third kappa shape index (κ3) is 7.89. The molecule has 0 spiro atoms. The van der Waals surface area contributed by atoms with Gasteiger partial charge in [-0.1, -0.05) is 24.3 Å². The van der Waals surface area contributed by atoms with E-state index in [1.807, 2.05) is 43.3 Å². The predicted molar refractivity (Wildman–Crippen MR) is 130 cm³/mol. The molecule has 0 aliphatic heterocycles. The Morgan fingerprint density at radius 2 is 1.91 bits per heavy atom. The molecule has 32 heavy (non-hydrogen) atoms. The second kappa shape index (κ2) is 11.5. The fourth-order valence-corrected chi connectivity index (χ4v) is 3.27. The SMILES string of the molecule is CN=C(NCc1cccc(NC(=O)CN(C)C)c1)NCc1ccc(C)cc1OCC1CC1. The lowest BCUT2D eigenvalue weighted by Crippen LogP contribution is -2.36. The Kier molecular flexibility index (Phi) is 8.50. The van der Waals surface area contributed by atoms with Gasteiger partial charge < -0.3 is 25.6 Å². The summed E-state index contributed by atoms with van der Waals surface area (Å²) < 4.78 is 6.07. The highest BCUT2D eigenvalue weighted by Crippen LogP contribution is 2.30. The minimum atomic E-state index is -0.0320. The molecule has 172 valence electrons. The van der Waals surface area contributed by atoms with Crippen LogP contribution in [0.15, 0.2) is 47.5 Å². The van der Waals surface area contributed by atoms with Crippen LogP contribution >= 0.6 is 0 Å². The van der Waals surface area contributed by atoms with Crippen molar-refractivity contribution in [3.8, 4) is 5.75 Å². The van der Waals surface area contributed by atoms with Gasteiger partial charge in [-0.25, -0.2) is 0 Å². The van der Waals surface area contributed by atoms with Gasteiger partial charge in [-0.2, -0.15) is 0 Å². The maximum absolute atomic E-state index is 12.0. The van der Waals surface area contributed by atoms with Gasteiger partial charge >= 0.3 is 0 Å². The lowest BCUT2D eigenvalue weighted by Gasteiger charge is -2.16. The number of benzene rings is 2. The maximum atomic E-state index is 12.0. The predicted octanol–water partition coefficient (Wildman–Crippen LogP) is 3.15. The third-order valence-electron chi connectivity index (χ3n) is 5.19. The van der Waals surface area contributed by atoms with E-state index in [0.717, 1.165) is 29.2 Å². The van der Waals surface area contributed by atoms with Crippen molar-refractivity contribution in [2.45, 2.75) is 32.9 Å². The fraction of sp³-hybridized carbons (Fsp3) is 0.440. The molecule has 3 rings (SSSR count). The Morgan fingerprint density at radius 3 is 2.62 bits per heavy atom. The molecular weight excluding hydrogens is 402 g/mol. The van der Waals surface area contributed by atoms with E-state index in [4.69, 9.17) is 4.74 Å². The van der Waals surface area contributed by atoms with Crippen molar-refractivity contribution in [1.29, 1.82) is 0 Å². The molecule has 0 aromatic heterocycles. The summed E-state index contributed by atoms with van der Waals surface area (Å²) in [7, 11) is 5.50. The van der Waals surface area contributed by atoms with Gasteiger partial charge in [-0.05, 0) is 69.1 Å². The lowest BCUT2D eigenvalue weighted by atomic mass is 10.1. The molecule has 7 nitrogen and oxygen atoms in total. The van der Waals surface area contributed by atoms with E-state index in [9.17, 15) is 4.79 Å². The van der Waals surface area contributed by atoms with Crippen LogP contribution in [0.3, 0.4) is 0 Å². The van der Waals surface area contributed by atoms with Crippen molar-refractivity contribution in [2.75, 3.05) is 39.6 Å². The summed E-state index contributed by atoms with van der Waals surface area (Å²) in [6.45, 7) is 4.45. The first-order chi connectivity index (χ1) is 15.4. The monoisotopic (exact) mass is 437 g/mol. The van der Waals surface area contributed by atoms with Crippen molar-refractivity contribution in [3.05, 3.63) is 59.2 Å². The first-order valence-corrected chi connectivity index (χ1v) is 11.1. The van der Waals surface area contributed by atoms with Crippen LogP contribution in [0.4, 0.5) is 5.69 Å². The number of carbonyl (C=O) groups is 1. The molecule has 0 saturated heterocycles. The average Bonchev–Trinajstić information content (AvgIpc) is 3.57. The zero-order chi connectivity index (χ0) is 22.9. The van der Waals surface area contributed by atoms with E-state index in [0.29, 0.717) is 31.5 Å². The molecular formula is C25H35N5O2. The topological polar surface area (TPSA) is 78.0 Å². The van der Waals surface area contributed by atoms with Gasteiger partial charge in [0.2, 0.25) is 5.91 Å². The summed E-state index contributed by atoms with van der Waals surface area (Å²) in [5.41, 5.74) is 4.15. The summed E-state index contributed by atoms with van der Waals surface area (Å²) in [6, 6.07) is 14.1. The van der Waals surface area contributed by atoms with Crippen molar-refractivity contribution < 1.29 is 9.53 Å². The molecule has 2 aromatic carbocycles. The Balaban J connectivity index is 1.52. The Morgan fingerprint density at radius 1 is 1.12 bits per heavy atom. The van der Waals surface area contributed by atoms with Gasteiger partial charge in [-0.3, -0.25) is 9.79 Å².